The van der Waals surface area contributed by atoms with Crippen LogP contribution in [0.25, 0.3) is 11.3 Å². The fraction of sp³-hybridized carbons (Fsp3) is 0.150. The highest BCUT2D eigenvalue weighted by atomic mass is 32.2. The van der Waals surface area contributed by atoms with Gasteiger partial charge in [-0.3, -0.25) is 0 Å². The van der Waals surface area contributed by atoms with Crippen molar-refractivity contribution >= 4 is 28.7 Å². The summed E-state index contributed by atoms with van der Waals surface area (Å²) < 4.78 is 54.7. The van der Waals surface area contributed by atoms with Crippen molar-refractivity contribution in [3.8, 4) is 11.3 Å². The Bertz CT molecular complexity index is 1150. The summed E-state index contributed by atoms with van der Waals surface area (Å²) in [5, 5.41) is 2.43. The van der Waals surface area contributed by atoms with Crippen LogP contribution in [0, 0.1) is 24.4 Å². The van der Waals surface area contributed by atoms with Crippen molar-refractivity contribution in [1.29, 1.82) is 0 Å². The van der Waals surface area contributed by atoms with Gasteiger partial charge >= 0.3 is 11.2 Å². The van der Waals surface area contributed by atoms with Gasteiger partial charge in [0.1, 0.15) is 29.4 Å². The number of anilines is 2. The van der Waals surface area contributed by atoms with Crippen molar-refractivity contribution in [2.24, 2.45) is 0 Å². The Kier molecular flexibility index (Phi) is 5.12. The standard InChI is InChI=1S/C20H15F3N4O2S/c1-10-8-11(21)6-7-12(10)16-13-9-24-20(28)27(17-14(22)4-3-5-15(17)23)18(13)26-19(25-16)30(2)29/h3-8H,9H2,1-2H3,(H,24,28). The number of urea groups is 1. The first-order valence-corrected chi connectivity index (χ1v) is 10.4. The van der Waals surface area contributed by atoms with Gasteiger partial charge in [0, 0.05) is 22.3 Å². The lowest BCUT2D eigenvalue weighted by Gasteiger charge is -2.30. The molecule has 4 rings (SSSR count). The van der Waals surface area contributed by atoms with Gasteiger partial charge in [0.05, 0.1) is 12.2 Å². The van der Waals surface area contributed by atoms with E-state index in [0.29, 0.717) is 22.4 Å². The molecule has 0 fully saturated rings. The average molecular weight is 432 g/mol. The number of aromatic nitrogens is 2. The number of rotatable bonds is 3. The maximum atomic E-state index is 14.5. The molecular formula is C20H15F3N4O2S. The topological polar surface area (TPSA) is 81.2 Å². The number of para-hydroxylation sites is 1. The quantitative estimate of drug-likeness (QED) is 0.502. The van der Waals surface area contributed by atoms with Gasteiger partial charge in [0.15, 0.2) is 5.82 Å². The fourth-order valence-corrected chi connectivity index (χ4v) is 3.73. The molecule has 6 nitrogen and oxygen atoms in total. The number of amides is 2. The molecule has 0 bridgehead atoms. The van der Waals surface area contributed by atoms with E-state index in [2.05, 4.69) is 15.3 Å². The van der Waals surface area contributed by atoms with Gasteiger partial charge in [-0.2, -0.15) is 9.97 Å². The molecule has 0 saturated heterocycles. The van der Waals surface area contributed by atoms with Crippen LogP contribution in [0.4, 0.5) is 29.5 Å². The third-order valence-corrected chi connectivity index (χ3v) is 5.35. The Labute approximate surface area is 173 Å². The molecule has 0 spiro atoms. The molecule has 10 heteroatoms. The zero-order chi connectivity index (χ0) is 21.6. The molecule has 2 heterocycles. The number of carbonyl (C=O) groups is 1. The van der Waals surface area contributed by atoms with Crippen molar-refractivity contribution < 1.29 is 22.5 Å². The molecule has 30 heavy (non-hydrogen) atoms. The van der Waals surface area contributed by atoms with Crippen molar-refractivity contribution in [2.75, 3.05) is 11.2 Å². The summed E-state index contributed by atoms with van der Waals surface area (Å²) in [7, 11) is 0. The van der Waals surface area contributed by atoms with Crippen LogP contribution in [0.5, 0.6) is 0 Å². The highest BCUT2D eigenvalue weighted by molar-refractivity contribution is 7.90. The van der Waals surface area contributed by atoms with E-state index in [1.807, 2.05) is 0 Å². The predicted molar refractivity (Wildman–Crippen MR) is 105 cm³/mol. The summed E-state index contributed by atoms with van der Waals surface area (Å²) in [5.74, 6) is -2.45. The van der Waals surface area contributed by atoms with Gasteiger partial charge in [0.25, 0.3) is 0 Å². The van der Waals surface area contributed by atoms with Gasteiger partial charge < -0.3 is 9.87 Å². The van der Waals surface area contributed by atoms with E-state index < -0.39 is 40.3 Å². The number of aryl methyl sites for hydroxylation is 1. The first-order chi connectivity index (χ1) is 14.3. The smallest absolute Gasteiger partial charge is 0.345 e. The number of halogens is 3. The van der Waals surface area contributed by atoms with E-state index in [-0.39, 0.29) is 17.5 Å². The second-order valence-corrected chi connectivity index (χ2v) is 7.91. The predicted octanol–water partition coefficient (Wildman–Crippen LogP) is 3.97. The molecule has 1 aliphatic heterocycles. The minimum Gasteiger partial charge on any atom is -0.609 e. The maximum Gasteiger partial charge on any atom is 0.345 e. The SMILES string of the molecule is Cc1cc(F)ccc1-c1nc([S+](C)[O-])nc2c1CNC(=O)N2c1c(F)cccc1F. The molecule has 1 N–H and O–H groups in total. The van der Waals surface area contributed by atoms with Crippen LogP contribution in [0.3, 0.4) is 0 Å². The highest BCUT2D eigenvalue weighted by Gasteiger charge is 2.35. The molecule has 0 aliphatic carbocycles. The summed E-state index contributed by atoms with van der Waals surface area (Å²) in [6.07, 6.45) is 1.35. The second-order valence-electron chi connectivity index (χ2n) is 6.63. The third-order valence-electron chi connectivity index (χ3n) is 4.66. The number of hydrogen-bond donors (Lipinski definition) is 1. The first kappa shape index (κ1) is 20.2. The van der Waals surface area contributed by atoms with Crippen LogP contribution < -0.4 is 10.2 Å². The van der Waals surface area contributed by atoms with Crippen molar-refractivity contribution in [3.05, 3.63) is 65.0 Å². The second kappa shape index (κ2) is 7.62. The van der Waals surface area contributed by atoms with Gasteiger partial charge in [0.2, 0.25) is 0 Å². The molecule has 0 saturated carbocycles. The van der Waals surface area contributed by atoms with E-state index in [1.54, 1.807) is 6.92 Å². The van der Waals surface area contributed by atoms with Crippen LogP contribution in [0.2, 0.25) is 0 Å². The number of nitrogens with one attached hydrogen (secondary N) is 1. The largest absolute Gasteiger partial charge is 0.609 e. The molecule has 1 aliphatic rings. The van der Waals surface area contributed by atoms with E-state index in [1.165, 1.54) is 30.5 Å². The van der Waals surface area contributed by atoms with Gasteiger partial charge in [-0.25, -0.2) is 22.9 Å². The molecule has 1 unspecified atom stereocenters. The monoisotopic (exact) mass is 432 g/mol. The average Bonchev–Trinajstić information content (AvgIpc) is 2.68. The molecular weight excluding hydrogens is 417 g/mol. The molecule has 2 amide bonds. The van der Waals surface area contributed by atoms with Crippen molar-refractivity contribution in [1.82, 2.24) is 15.3 Å². The number of fused-ring (bicyclic) bond motifs is 1. The number of carbonyl (C=O) groups excluding carboxylic acids is 1. The van der Waals surface area contributed by atoms with E-state index in [9.17, 15) is 22.5 Å². The van der Waals surface area contributed by atoms with Crippen molar-refractivity contribution in [3.63, 3.8) is 0 Å². The zero-order valence-corrected chi connectivity index (χ0v) is 16.7. The summed E-state index contributed by atoms with van der Waals surface area (Å²) in [6, 6.07) is 6.48. The van der Waals surface area contributed by atoms with Gasteiger partial charge in [-0.05, 0) is 42.8 Å². The minimum absolute atomic E-state index is 0.0243. The van der Waals surface area contributed by atoms with E-state index in [4.69, 9.17) is 0 Å². The normalized spacial score (nSPS) is 14.3. The Morgan fingerprint density at radius 1 is 1.13 bits per heavy atom. The van der Waals surface area contributed by atoms with Crippen molar-refractivity contribution in [2.45, 2.75) is 18.6 Å². The number of benzene rings is 2. The fourth-order valence-electron chi connectivity index (χ4n) is 3.29. The Hall–Kier alpha value is -3.11. The lowest BCUT2D eigenvalue weighted by atomic mass is 10.00. The summed E-state index contributed by atoms with van der Waals surface area (Å²) in [4.78, 5) is 21.9. The molecule has 0 radical (unpaired) electrons. The summed E-state index contributed by atoms with van der Waals surface area (Å²) >= 11 is -1.66. The molecule has 2 aromatic carbocycles. The third kappa shape index (κ3) is 3.37. The number of nitrogens with zero attached hydrogens (tertiary/aromatic N) is 3. The number of hydrogen-bond acceptors (Lipinski definition) is 4. The van der Waals surface area contributed by atoms with E-state index >= 15 is 0 Å². The van der Waals surface area contributed by atoms with Crippen LogP contribution in [-0.4, -0.2) is 26.8 Å². The molecule has 3 aromatic rings. The zero-order valence-electron chi connectivity index (χ0n) is 15.9. The Morgan fingerprint density at radius 3 is 2.47 bits per heavy atom. The summed E-state index contributed by atoms with van der Waals surface area (Å²) in [5.41, 5.74) is 1.12. The molecule has 1 aromatic heterocycles. The van der Waals surface area contributed by atoms with Gasteiger partial charge in [-0.1, -0.05) is 6.07 Å². The van der Waals surface area contributed by atoms with Crippen LogP contribution >= 0.6 is 0 Å². The lowest BCUT2D eigenvalue weighted by molar-refractivity contribution is 0.246. The first-order valence-electron chi connectivity index (χ1n) is 8.80. The minimum atomic E-state index is -1.66. The Balaban J connectivity index is 2.02. The van der Waals surface area contributed by atoms with Crippen LogP contribution in [0.15, 0.2) is 41.6 Å². The van der Waals surface area contributed by atoms with Crippen LogP contribution in [-0.2, 0) is 17.7 Å². The molecule has 1 atom stereocenters. The maximum absolute atomic E-state index is 14.5. The Morgan fingerprint density at radius 2 is 1.83 bits per heavy atom. The van der Waals surface area contributed by atoms with Crippen LogP contribution in [0.1, 0.15) is 11.1 Å². The highest BCUT2D eigenvalue weighted by Crippen LogP contribution is 2.38. The lowest BCUT2D eigenvalue weighted by Crippen LogP contribution is -2.43. The molecule has 154 valence electrons. The van der Waals surface area contributed by atoms with E-state index in [0.717, 1.165) is 17.0 Å². The summed E-state index contributed by atoms with van der Waals surface area (Å²) in [6.45, 7) is 1.65. The van der Waals surface area contributed by atoms with Gasteiger partial charge in [-0.15, -0.1) is 0 Å².